The Bertz CT molecular complexity index is 1510. The smallest absolute Gasteiger partial charge is 0.417 e. The number of alkyl halides is 3. The van der Waals surface area contributed by atoms with Gasteiger partial charge in [-0.3, -0.25) is 4.79 Å². The average molecular weight is 591 g/mol. The van der Waals surface area contributed by atoms with Gasteiger partial charge in [0.15, 0.2) is 5.82 Å². The summed E-state index contributed by atoms with van der Waals surface area (Å²) in [6.45, 7) is 4.25. The summed E-state index contributed by atoms with van der Waals surface area (Å²) in [4.78, 5) is 23.3. The van der Waals surface area contributed by atoms with Gasteiger partial charge in [0, 0.05) is 48.3 Å². The number of carbonyl (C=O) groups excluding carboxylic acids is 1. The number of amides is 1. The fourth-order valence-electron chi connectivity index (χ4n) is 4.81. The Labute approximate surface area is 237 Å². The van der Waals surface area contributed by atoms with Crippen LogP contribution in [0.1, 0.15) is 40.2 Å². The molecule has 2 aromatic heterocycles. The first-order valence-electron chi connectivity index (χ1n) is 12.3. The van der Waals surface area contributed by atoms with Gasteiger partial charge in [-0.2, -0.15) is 18.2 Å². The Hall–Kier alpha value is -3.63. The van der Waals surface area contributed by atoms with Crippen LogP contribution in [0.3, 0.4) is 0 Å². The minimum atomic E-state index is -4.50. The van der Waals surface area contributed by atoms with Gasteiger partial charge < -0.3 is 14.2 Å². The molecular formula is C28H23Cl2F3N4O3. The van der Waals surface area contributed by atoms with Gasteiger partial charge in [-0.15, -0.1) is 0 Å². The number of aromatic nitrogens is 3. The number of benzene rings is 2. The Morgan fingerprint density at radius 2 is 1.82 bits per heavy atom. The van der Waals surface area contributed by atoms with E-state index in [4.69, 9.17) is 32.5 Å². The number of carbonyl (C=O) groups is 1. The first kappa shape index (κ1) is 27.9. The maximum atomic E-state index is 13.5. The number of likely N-dealkylation sites (tertiary alicyclic amines) is 1. The van der Waals surface area contributed by atoms with Gasteiger partial charge in [-0.1, -0.05) is 34.4 Å². The quantitative estimate of drug-likeness (QED) is 0.238. The van der Waals surface area contributed by atoms with Crippen LogP contribution in [0.25, 0.3) is 11.5 Å². The molecule has 1 aliphatic heterocycles. The summed E-state index contributed by atoms with van der Waals surface area (Å²) in [7, 11) is 0. The van der Waals surface area contributed by atoms with E-state index in [1.807, 2.05) is 13.0 Å². The molecule has 0 bridgehead atoms. The molecule has 2 aromatic carbocycles. The summed E-state index contributed by atoms with van der Waals surface area (Å²) in [6.07, 6.45) is -4.25. The van der Waals surface area contributed by atoms with E-state index in [-0.39, 0.29) is 23.6 Å². The van der Waals surface area contributed by atoms with E-state index in [0.29, 0.717) is 46.0 Å². The minimum absolute atomic E-state index is 0.0602. The zero-order valence-electron chi connectivity index (χ0n) is 21.3. The highest BCUT2D eigenvalue weighted by molar-refractivity contribution is 6.42. The molecule has 3 heterocycles. The molecule has 12 heteroatoms. The van der Waals surface area contributed by atoms with Crippen molar-refractivity contribution in [2.75, 3.05) is 13.1 Å². The average Bonchev–Trinajstić information content (AvgIpc) is 3.57. The lowest BCUT2D eigenvalue weighted by Gasteiger charge is -2.25. The molecule has 0 N–H and O–H groups in total. The second kappa shape index (κ2) is 11.1. The lowest BCUT2D eigenvalue weighted by molar-refractivity contribution is -0.137. The second-order valence-electron chi connectivity index (χ2n) is 9.58. The van der Waals surface area contributed by atoms with E-state index >= 15 is 0 Å². The number of pyridine rings is 1. The Morgan fingerprint density at radius 1 is 1.07 bits per heavy atom. The van der Waals surface area contributed by atoms with Crippen molar-refractivity contribution in [1.82, 2.24) is 20.0 Å². The highest BCUT2D eigenvalue weighted by atomic mass is 35.5. The molecule has 1 aliphatic rings. The maximum Gasteiger partial charge on any atom is 0.417 e. The highest BCUT2D eigenvalue weighted by Crippen LogP contribution is 2.39. The Morgan fingerprint density at radius 3 is 2.42 bits per heavy atom. The summed E-state index contributed by atoms with van der Waals surface area (Å²) in [5, 5.41) is 4.57. The third-order valence-electron chi connectivity index (χ3n) is 6.90. The predicted octanol–water partition coefficient (Wildman–Crippen LogP) is 7.09. The molecule has 0 aliphatic carbocycles. The van der Waals surface area contributed by atoms with E-state index in [1.54, 1.807) is 48.2 Å². The van der Waals surface area contributed by atoms with E-state index < -0.39 is 17.8 Å². The second-order valence-corrected chi connectivity index (χ2v) is 10.4. The summed E-state index contributed by atoms with van der Waals surface area (Å²) < 4.78 is 50.0. The maximum absolute atomic E-state index is 13.5. The van der Waals surface area contributed by atoms with Gasteiger partial charge in [-0.25, -0.2) is 4.98 Å². The molecule has 0 unspecified atom stereocenters. The molecule has 208 valence electrons. The minimum Gasteiger partial charge on any atom is -0.474 e. The molecule has 0 saturated carbocycles. The molecule has 4 aromatic rings. The molecule has 1 saturated heterocycles. The SMILES string of the molecule is Cc1noc(-c2ccc(C(=O)N3C[C@@H]([C@@H](C)Oc4ccc(C(F)(F)F)cn4)[C@@H](c4ccc(Cl)c(Cl)c4)C3)cc2)n1. The van der Waals surface area contributed by atoms with Crippen molar-refractivity contribution >= 4 is 29.1 Å². The van der Waals surface area contributed by atoms with Crippen LogP contribution in [0.2, 0.25) is 10.0 Å². The number of hydrogen-bond donors (Lipinski definition) is 0. The zero-order chi connectivity index (χ0) is 28.6. The molecule has 7 nitrogen and oxygen atoms in total. The fourth-order valence-corrected chi connectivity index (χ4v) is 5.12. The number of hydrogen-bond acceptors (Lipinski definition) is 6. The van der Waals surface area contributed by atoms with Gasteiger partial charge in [-0.05, 0) is 61.9 Å². The van der Waals surface area contributed by atoms with Crippen molar-refractivity contribution in [3.05, 3.63) is 93.4 Å². The molecular weight excluding hydrogens is 568 g/mol. The fraction of sp³-hybridized carbons (Fsp3) is 0.286. The molecule has 3 atom stereocenters. The van der Waals surface area contributed by atoms with Crippen molar-refractivity contribution < 1.29 is 27.2 Å². The van der Waals surface area contributed by atoms with Crippen LogP contribution < -0.4 is 4.74 Å². The predicted molar refractivity (Wildman–Crippen MR) is 142 cm³/mol. The molecule has 5 rings (SSSR count). The van der Waals surface area contributed by atoms with Crippen LogP contribution in [0.5, 0.6) is 5.88 Å². The monoisotopic (exact) mass is 590 g/mol. The van der Waals surface area contributed by atoms with Crippen molar-refractivity contribution in [3.8, 4) is 17.3 Å². The summed E-state index contributed by atoms with van der Waals surface area (Å²) in [5.41, 5.74) is 1.18. The van der Waals surface area contributed by atoms with Crippen molar-refractivity contribution in [3.63, 3.8) is 0 Å². The molecule has 1 amide bonds. The van der Waals surface area contributed by atoms with Gasteiger partial charge >= 0.3 is 6.18 Å². The van der Waals surface area contributed by atoms with Crippen LogP contribution in [0, 0.1) is 12.8 Å². The van der Waals surface area contributed by atoms with Crippen molar-refractivity contribution in [2.24, 2.45) is 5.92 Å². The lowest BCUT2D eigenvalue weighted by atomic mass is 9.86. The topological polar surface area (TPSA) is 81.4 Å². The lowest BCUT2D eigenvalue weighted by Crippen LogP contribution is -2.32. The third kappa shape index (κ3) is 5.93. The Balaban J connectivity index is 1.37. The number of nitrogens with zero attached hydrogens (tertiary/aromatic N) is 4. The van der Waals surface area contributed by atoms with Crippen LogP contribution in [0.15, 0.2) is 65.3 Å². The van der Waals surface area contributed by atoms with E-state index in [1.165, 1.54) is 6.07 Å². The molecule has 0 radical (unpaired) electrons. The highest BCUT2D eigenvalue weighted by Gasteiger charge is 2.41. The summed E-state index contributed by atoms with van der Waals surface area (Å²) >= 11 is 12.4. The third-order valence-corrected chi connectivity index (χ3v) is 7.64. The van der Waals surface area contributed by atoms with Crippen LogP contribution >= 0.6 is 23.2 Å². The van der Waals surface area contributed by atoms with Gasteiger partial charge in [0.1, 0.15) is 6.10 Å². The molecule has 1 fully saturated rings. The number of ether oxygens (including phenoxy) is 1. The van der Waals surface area contributed by atoms with Crippen LogP contribution in [-0.2, 0) is 6.18 Å². The molecule has 0 spiro atoms. The number of rotatable bonds is 6. The Kier molecular flexibility index (Phi) is 7.74. The van der Waals surface area contributed by atoms with Crippen molar-refractivity contribution in [2.45, 2.75) is 32.0 Å². The van der Waals surface area contributed by atoms with Crippen molar-refractivity contribution in [1.29, 1.82) is 0 Å². The van der Waals surface area contributed by atoms with E-state index in [9.17, 15) is 18.0 Å². The first-order chi connectivity index (χ1) is 19.0. The molecule has 40 heavy (non-hydrogen) atoms. The van der Waals surface area contributed by atoms with Gasteiger partial charge in [0.2, 0.25) is 5.88 Å². The van der Waals surface area contributed by atoms with Gasteiger partial charge in [0.05, 0.1) is 15.6 Å². The standard InChI is InChI=1S/C28H23Cl2F3N4O3/c1-15(39-25-10-8-20(12-34-25)28(31,32)33)21-13-37(14-22(21)19-7-9-23(29)24(30)11-19)27(38)18-5-3-17(4-6-18)26-35-16(2)36-40-26/h3-12,15,21-22H,13-14H2,1-2H3/t15-,21+,22-/m1/s1. The van der Waals surface area contributed by atoms with Crippen LogP contribution in [-0.4, -0.2) is 45.1 Å². The summed E-state index contributed by atoms with van der Waals surface area (Å²) in [5.74, 6) is 0.357. The van der Waals surface area contributed by atoms with E-state index in [0.717, 1.165) is 17.8 Å². The largest absolute Gasteiger partial charge is 0.474 e. The number of halogens is 5. The number of aryl methyl sites for hydroxylation is 1. The van der Waals surface area contributed by atoms with Gasteiger partial charge in [0.25, 0.3) is 11.8 Å². The normalized spacial score (nSPS) is 18.1. The van der Waals surface area contributed by atoms with Crippen LogP contribution in [0.4, 0.5) is 13.2 Å². The van der Waals surface area contributed by atoms with E-state index in [2.05, 4.69) is 15.1 Å². The zero-order valence-corrected chi connectivity index (χ0v) is 22.8. The first-order valence-corrected chi connectivity index (χ1v) is 13.1. The summed E-state index contributed by atoms with van der Waals surface area (Å²) in [6, 6.07) is 14.3.